The molecule has 16 heavy (non-hydrogen) atoms. The minimum absolute atomic E-state index is 0.241. The van der Waals surface area contributed by atoms with Crippen molar-refractivity contribution in [2.24, 2.45) is 11.5 Å². The first kappa shape index (κ1) is 12.0. The Morgan fingerprint density at radius 2 is 1.94 bits per heavy atom. The Morgan fingerprint density at radius 3 is 2.44 bits per heavy atom. The van der Waals surface area contributed by atoms with Gasteiger partial charge in [0.25, 0.3) is 11.8 Å². The summed E-state index contributed by atoms with van der Waals surface area (Å²) in [6.45, 7) is 2.16. The fourth-order valence-corrected chi connectivity index (χ4v) is 1.33. The molecular weight excluding hydrogens is 212 g/mol. The number of nitrogens with zero attached hydrogens (tertiary/aromatic N) is 1. The van der Waals surface area contributed by atoms with Crippen LogP contribution < -0.4 is 16.8 Å². The summed E-state index contributed by atoms with van der Waals surface area (Å²) < 4.78 is 0. The zero-order valence-electron chi connectivity index (χ0n) is 8.95. The number of amides is 4. The second-order valence-electron chi connectivity index (χ2n) is 3.40. The van der Waals surface area contributed by atoms with Crippen molar-refractivity contribution in [1.29, 1.82) is 0 Å². The highest BCUT2D eigenvalue weighted by Gasteiger charge is 2.36. The fourth-order valence-electron chi connectivity index (χ4n) is 1.33. The van der Waals surface area contributed by atoms with Crippen LogP contribution in [-0.2, 0) is 9.59 Å². The minimum Gasteiger partial charge on any atom is -0.385 e. The van der Waals surface area contributed by atoms with Crippen molar-refractivity contribution >= 4 is 17.8 Å². The molecule has 5 N–H and O–H groups in total. The zero-order chi connectivity index (χ0) is 12.3. The third kappa shape index (κ3) is 2.13. The largest absolute Gasteiger partial charge is 0.385 e. The number of carbonyl (C=O) groups is 3. The Kier molecular flexibility index (Phi) is 3.49. The highest BCUT2D eigenvalue weighted by molar-refractivity contribution is 6.29. The number of imide groups is 2. The van der Waals surface area contributed by atoms with E-state index in [0.29, 0.717) is 6.42 Å². The molecule has 1 saturated heterocycles. The van der Waals surface area contributed by atoms with E-state index in [0.717, 1.165) is 11.3 Å². The van der Waals surface area contributed by atoms with Crippen molar-refractivity contribution < 1.29 is 14.4 Å². The van der Waals surface area contributed by atoms with Crippen LogP contribution in [0.4, 0.5) is 4.79 Å². The van der Waals surface area contributed by atoms with E-state index in [4.69, 9.17) is 11.5 Å². The first-order valence-corrected chi connectivity index (χ1v) is 4.91. The van der Waals surface area contributed by atoms with Crippen LogP contribution in [0.15, 0.2) is 11.4 Å². The number of hydrogen-bond acceptors (Lipinski definition) is 5. The van der Waals surface area contributed by atoms with E-state index in [9.17, 15) is 14.4 Å². The highest BCUT2D eigenvalue weighted by Crippen LogP contribution is 2.10. The van der Waals surface area contributed by atoms with Gasteiger partial charge in [-0.25, -0.2) is 4.79 Å². The predicted octanol–water partition coefficient (Wildman–Crippen LogP) is -1.01. The maximum atomic E-state index is 11.7. The molecule has 0 atom stereocenters. The summed E-state index contributed by atoms with van der Waals surface area (Å²) in [5.74, 6) is -1.96. The van der Waals surface area contributed by atoms with Crippen molar-refractivity contribution in [1.82, 2.24) is 10.2 Å². The molecule has 0 bridgehead atoms. The molecule has 0 aromatic heterocycles. The summed E-state index contributed by atoms with van der Waals surface area (Å²) in [5.41, 5.74) is 10.1. The third-order valence-corrected chi connectivity index (χ3v) is 2.18. The molecule has 1 rings (SSSR count). The summed E-state index contributed by atoms with van der Waals surface area (Å²) >= 11 is 0. The Bertz CT molecular complexity index is 371. The van der Waals surface area contributed by atoms with Crippen molar-refractivity contribution in [3.63, 3.8) is 0 Å². The van der Waals surface area contributed by atoms with Gasteiger partial charge in [-0.15, -0.1) is 0 Å². The summed E-state index contributed by atoms with van der Waals surface area (Å²) in [5, 5.41) is 2.01. The van der Waals surface area contributed by atoms with Crippen LogP contribution in [0.2, 0.25) is 0 Å². The van der Waals surface area contributed by atoms with Crippen LogP contribution in [0.25, 0.3) is 0 Å². The van der Waals surface area contributed by atoms with Gasteiger partial charge in [-0.05, 0) is 6.42 Å². The maximum Gasteiger partial charge on any atom is 0.331 e. The van der Waals surface area contributed by atoms with Gasteiger partial charge in [0.2, 0.25) is 0 Å². The van der Waals surface area contributed by atoms with Crippen molar-refractivity contribution in [2.75, 3.05) is 6.54 Å². The summed E-state index contributed by atoms with van der Waals surface area (Å²) in [7, 11) is 0. The summed E-state index contributed by atoms with van der Waals surface area (Å²) in [6, 6.07) is -0.728. The molecule has 88 valence electrons. The minimum atomic E-state index is -0.845. The van der Waals surface area contributed by atoms with Crippen LogP contribution in [0.1, 0.15) is 19.8 Å². The number of unbranched alkanes of at least 4 members (excludes halogenated alkanes) is 1. The summed E-state index contributed by atoms with van der Waals surface area (Å²) in [4.78, 5) is 35.3. The van der Waals surface area contributed by atoms with Crippen LogP contribution in [0, 0.1) is 0 Å². The smallest absolute Gasteiger partial charge is 0.331 e. The lowest BCUT2D eigenvalue weighted by molar-refractivity contribution is -0.130. The van der Waals surface area contributed by atoms with Crippen LogP contribution >= 0.6 is 0 Å². The van der Waals surface area contributed by atoms with Crippen molar-refractivity contribution in [3.05, 3.63) is 11.4 Å². The van der Waals surface area contributed by atoms with Gasteiger partial charge in [0.05, 0.1) is 0 Å². The van der Waals surface area contributed by atoms with Crippen LogP contribution in [-0.4, -0.2) is 29.3 Å². The molecule has 1 aliphatic heterocycles. The molecule has 0 spiro atoms. The zero-order valence-corrected chi connectivity index (χ0v) is 8.95. The second-order valence-corrected chi connectivity index (χ2v) is 3.40. The molecule has 1 fully saturated rings. The number of urea groups is 1. The Labute approximate surface area is 92.4 Å². The van der Waals surface area contributed by atoms with E-state index in [2.05, 4.69) is 0 Å². The number of nitrogens with one attached hydrogen (secondary N) is 1. The third-order valence-electron chi connectivity index (χ3n) is 2.18. The molecule has 1 aliphatic rings. The molecule has 7 nitrogen and oxygen atoms in total. The Balaban J connectivity index is 2.96. The first-order chi connectivity index (χ1) is 7.49. The lowest BCUT2D eigenvalue weighted by Crippen LogP contribution is -2.55. The molecule has 0 aromatic rings. The van der Waals surface area contributed by atoms with E-state index < -0.39 is 17.8 Å². The maximum absolute atomic E-state index is 11.7. The lowest BCUT2D eigenvalue weighted by Gasteiger charge is -2.26. The van der Waals surface area contributed by atoms with Gasteiger partial charge in [-0.3, -0.25) is 19.8 Å². The molecule has 0 unspecified atom stereocenters. The molecule has 7 heteroatoms. The molecule has 4 amide bonds. The SMILES string of the molecule is CCCCN1C(=O)NC(=O)C(=C(N)N)C1=O. The quantitative estimate of drug-likeness (QED) is 0.421. The first-order valence-electron chi connectivity index (χ1n) is 4.91. The molecule has 0 radical (unpaired) electrons. The highest BCUT2D eigenvalue weighted by atomic mass is 16.2. The molecular formula is C9H14N4O3. The van der Waals surface area contributed by atoms with Gasteiger partial charge in [0.15, 0.2) is 0 Å². The Hall–Kier alpha value is -2.05. The average Bonchev–Trinajstić information content (AvgIpc) is 2.16. The fraction of sp³-hybridized carbons (Fsp3) is 0.444. The molecule has 0 saturated carbocycles. The second kappa shape index (κ2) is 4.65. The standard InChI is InChI=1S/C9H14N4O3/c1-2-3-4-13-8(15)5(6(10)11)7(14)12-9(13)16/h2-4,10-11H2,1H3,(H,12,14,16). The average molecular weight is 226 g/mol. The van der Waals surface area contributed by atoms with E-state index in [1.165, 1.54) is 0 Å². The van der Waals surface area contributed by atoms with Gasteiger partial charge < -0.3 is 11.5 Å². The monoisotopic (exact) mass is 226 g/mol. The van der Waals surface area contributed by atoms with Crippen molar-refractivity contribution in [3.8, 4) is 0 Å². The molecule has 1 heterocycles. The van der Waals surface area contributed by atoms with Gasteiger partial charge in [0.1, 0.15) is 11.4 Å². The van der Waals surface area contributed by atoms with E-state index in [-0.39, 0.29) is 17.9 Å². The van der Waals surface area contributed by atoms with Crippen LogP contribution in [0.3, 0.4) is 0 Å². The molecule has 0 aliphatic carbocycles. The summed E-state index contributed by atoms with van der Waals surface area (Å²) in [6.07, 6.45) is 1.48. The van der Waals surface area contributed by atoms with Gasteiger partial charge in [0, 0.05) is 6.54 Å². The number of barbiturate groups is 1. The number of carbonyl (C=O) groups excluding carboxylic acids is 3. The lowest BCUT2D eigenvalue weighted by atomic mass is 10.1. The number of nitrogens with two attached hydrogens (primary N) is 2. The topological polar surface area (TPSA) is 119 Å². The Morgan fingerprint density at radius 1 is 1.31 bits per heavy atom. The van der Waals surface area contributed by atoms with Gasteiger partial charge >= 0.3 is 6.03 Å². The van der Waals surface area contributed by atoms with E-state index in [1.807, 2.05) is 12.2 Å². The number of rotatable bonds is 3. The predicted molar refractivity (Wildman–Crippen MR) is 55.6 cm³/mol. The van der Waals surface area contributed by atoms with E-state index in [1.54, 1.807) is 0 Å². The van der Waals surface area contributed by atoms with Crippen molar-refractivity contribution in [2.45, 2.75) is 19.8 Å². The van der Waals surface area contributed by atoms with Gasteiger partial charge in [-0.1, -0.05) is 13.3 Å². The van der Waals surface area contributed by atoms with E-state index >= 15 is 0 Å². The normalized spacial score (nSPS) is 16.4. The number of hydrogen-bond donors (Lipinski definition) is 3. The molecule has 0 aromatic carbocycles. The van der Waals surface area contributed by atoms with Crippen LogP contribution in [0.5, 0.6) is 0 Å². The van der Waals surface area contributed by atoms with Gasteiger partial charge in [-0.2, -0.15) is 0 Å².